The summed E-state index contributed by atoms with van der Waals surface area (Å²) in [6.45, 7) is 0.0921. The summed E-state index contributed by atoms with van der Waals surface area (Å²) in [5.74, 6) is -1.48. The number of amides is 2. The normalized spacial score (nSPS) is 10.7. The molecular weight excluding hydrogens is 284 g/mol. The fourth-order valence-electron chi connectivity index (χ4n) is 2.03. The fourth-order valence-corrected chi connectivity index (χ4v) is 2.03. The van der Waals surface area contributed by atoms with Gasteiger partial charge in [0.05, 0.1) is 6.54 Å². The van der Waals surface area contributed by atoms with Gasteiger partial charge in [-0.2, -0.15) is 0 Å². The molecule has 0 aliphatic rings. The van der Waals surface area contributed by atoms with Gasteiger partial charge < -0.3 is 20.1 Å². The molecule has 2 amide bonds. The summed E-state index contributed by atoms with van der Waals surface area (Å²) in [4.78, 5) is 23.7. The summed E-state index contributed by atoms with van der Waals surface area (Å²) in [7, 11) is 2.91. The Kier molecular flexibility index (Phi) is 5.46. The number of carbonyl (C=O) groups is 2. The molecule has 0 saturated carbocycles. The van der Waals surface area contributed by atoms with Crippen molar-refractivity contribution in [1.29, 1.82) is 0 Å². The maximum atomic E-state index is 11.9. The first-order valence-corrected chi connectivity index (χ1v) is 6.78. The second kappa shape index (κ2) is 7.53. The largest absolute Gasteiger partial charge is 0.354 e. The van der Waals surface area contributed by atoms with Crippen molar-refractivity contribution in [3.8, 4) is 0 Å². The summed E-state index contributed by atoms with van der Waals surface area (Å²) in [5.41, 5.74) is 0.591. The first-order valence-electron chi connectivity index (χ1n) is 6.78. The maximum absolute atomic E-state index is 11.9. The number of methoxy groups -OCH3 is 2. The summed E-state index contributed by atoms with van der Waals surface area (Å²) in [6, 6.07) is 13.1. The van der Waals surface area contributed by atoms with Crippen molar-refractivity contribution >= 4 is 28.3 Å². The molecule has 0 heterocycles. The summed E-state index contributed by atoms with van der Waals surface area (Å²) >= 11 is 0. The Morgan fingerprint density at radius 2 is 1.68 bits per heavy atom. The number of hydrogen-bond acceptors (Lipinski definition) is 4. The van der Waals surface area contributed by atoms with Gasteiger partial charge in [0.1, 0.15) is 0 Å². The highest BCUT2D eigenvalue weighted by atomic mass is 16.7. The Morgan fingerprint density at radius 1 is 1.00 bits per heavy atom. The Morgan fingerprint density at radius 3 is 2.41 bits per heavy atom. The average Bonchev–Trinajstić information content (AvgIpc) is 2.56. The number of fused-ring (bicyclic) bond motifs is 1. The molecule has 22 heavy (non-hydrogen) atoms. The molecule has 6 nitrogen and oxygen atoms in total. The molecule has 2 rings (SSSR count). The van der Waals surface area contributed by atoms with E-state index in [4.69, 9.17) is 9.47 Å². The molecule has 0 spiro atoms. The van der Waals surface area contributed by atoms with Crippen LogP contribution in [0.4, 0.5) is 5.69 Å². The van der Waals surface area contributed by atoms with Crippen LogP contribution in [0, 0.1) is 0 Å². The molecule has 0 atom stereocenters. The summed E-state index contributed by atoms with van der Waals surface area (Å²) < 4.78 is 9.87. The van der Waals surface area contributed by atoms with E-state index in [0.29, 0.717) is 5.69 Å². The molecule has 2 N–H and O–H groups in total. The third kappa shape index (κ3) is 3.81. The van der Waals surface area contributed by atoms with E-state index >= 15 is 0 Å². The third-order valence-electron chi connectivity index (χ3n) is 3.20. The van der Waals surface area contributed by atoms with Gasteiger partial charge in [0.25, 0.3) is 0 Å². The Hall–Kier alpha value is -2.44. The molecule has 2 aromatic carbocycles. The SMILES string of the molecule is COC(CNC(=O)C(=O)Nc1cccc2ccccc12)OC. The quantitative estimate of drug-likeness (QED) is 0.648. The Balaban J connectivity index is 2.03. The number of carbonyl (C=O) groups excluding carboxylic acids is 2. The van der Waals surface area contributed by atoms with Crippen LogP contribution in [0.2, 0.25) is 0 Å². The highest BCUT2D eigenvalue weighted by Gasteiger charge is 2.16. The third-order valence-corrected chi connectivity index (χ3v) is 3.20. The van der Waals surface area contributed by atoms with Gasteiger partial charge in [-0.05, 0) is 11.5 Å². The molecule has 0 aliphatic carbocycles. The number of nitrogens with one attached hydrogen (secondary N) is 2. The van der Waals surface area contributed by atoms with Crippen molar-refractivity contribution in [2.75, 3.05) is 26.1 Å². The lowest BCUT2D eigenvalue weighted by Gasteiger charge is -2.14. The maximum Gasteiger partial charge on any atom is 0.313 e. The molecule has 6 heteroatoms. The molecule has 0 bridgehead atoms. The van der Waals surface area contributed by atoms with Gasteiger partial charge >= 0.3 is 11.8 Å². The van der Waals surface area contributed by atoms with Crippen molar-refractivity contribution in [2.24, 2.45) is 0 Å². The van der Waals surface area contributed by atoms with E-state index in [1.165, 1.54) is 14.2 Å². The predicted octanol–water partition coefficient (Wildman–Crippen LogP) is 1.51. The molecular formula is C16H18N2O4. The van der Waals surface area contributed by atoms with Gasteiger partial charge in [-0.3, -0.25) is 9.59 Å². The summed E-state index contributed by atoms with van der Waals surface area (Å²) in [5, 5.41) is 6.92. The van der Waals surface area contributed by atoms with Crippen LogP contribution >= 0.6 is 0 Å². The van der Waals surface area contributed by atoms with E-state index in [2.05, 4.69) is 10.6 Å². The second-order valence-corrected chi connectivity index (χ2v) is 4.59. The van der Waals surface area contributed by atoms with Gasteiger partial charge in [0.2, 0.25) is 0 Å². The van der Waals surface area contributed by atoms with Crippen LogP contribution in [0.3, 0.4) is 0 Å². The van der Waals surface area contributed by atoms with Gasteiger partial charge in [0.15, 0.2) is 6.29 Å². The van der Waals surface area contributed by atoms with E-state index in [0.717, 1.165) is 10.8 Å². The van der Waals surface area contributed by atoms with Crippen molar-refractivity contribution in [1.82, 2.24) is 5.32 Å². The predicted molar refractivity (Wildman–Crippen MR) is 83.4 cm³/mol. The van der Waals surface area contributed by atoms with Crippen LogP contribution < -0.4 is 10.6 Å². The second-order valence-electron chi connectivity index (χ2n) is 4.59. The van der Waals surface area contributed by atoms with Crippen LogP contribution in [0.15, 0.2) is 42.5 Å². The number of benzene rings is 2. The van der Waals surface area contributed by atoms with Crippen LogP contribution in [-0.2, 0) is 19.1 Å². The first kappa shape index (κ1) is 15.9. The lowest BCUT2D eigenvalue weighted by molar-refractivity contribution is -0.139. The van der Waals surface area contributed by atoms with Gasteiger partial charge in [-0.15, -0.1) is 0 Å². The van der Waals surface area contributed by atoms with E-state index in [-0.39, 0.29) is 6.54 Å². The highest BCUT2D eigenvalue weighted by molar-refractivity contribution is 6.40. The number of ether oxygens (including phenoxy) is 2. The first-order chi connectivity index (χ1) is 10.7. The number of hydrogen-bond donors (Lipinski definition) is 2. The standard InChI is InChI=1S/C16H18N2O4/c1-21-14(22-2)10-17-15(19)16(20)18-13-9-5-7-11-6-3-4-8-12(11)13/h3-9,14H,10H2,1-2H3,(H,17,19)(H,18,20). The van der Waals surface area contributed by atoms with E-state index in [1.807, 2.05) is 36.4 Å². The fraction of sp³-hybridized carbons (Fsp3) is 0.250. The zero-order chi connectivity index (χ0) is 15.9. The van der Waals surface area contributed by atoms with Gasteiger partial charge in [-0.25, -0.2) is 0 Å². The zero-order valence-electron chi connectivity index (χ0n) is 12.5. The average molecular weight is 302 g/mol. The van der Waals surface area contributed by atoms with Crippen LogP contribution in [0.1, 0.15) is 0 Å². The van der Waals surface area contributed by atoms with Gasteiger partial charge in [-0.1, -0.05) is 36.4 Å². The minimum atomic E-state index is -0.743. The molecule has 0 fully saturated rings. The van der Waals surface area contributed by atoms with E-state index in [1.54, 1.807) is 6.07 Å². The van der Waals surface area contributed by atoms with E-state index < -0.39 is 18.1 Å². The van der Waals surface area contributed by atoms with Crippen molar-refractivity contribution in [2.45, 2.75) is 6.29 Å². The monoisotopic (exact) mass is 302 g/mol. The molecule has 0 saturated heterocycles. The smallest absolute Gasteiger partial charge is 0.313 e. The molecule has 0 aromatic heterocycles. The summed E-state index contributed by atoms with van der Waals surface area (Å²) in [6.07, 6.45) is -0.589. The minimum absolute atomic E-state index is 0.0921. The van der Waals surface area contributed by atoms with Crippen LogP contribution in [-0.4, -0.2) is 38.9 Å². The number of anilines is 1. The van der Waals surface area contributed by atoms with Crippen molar-refractivity contribution in [3.05, 3.63) is 42.5 Å². The lowest BCUT2D eigenvalue weighted by atomic mass is 10.1. The molecule has 2 aromatic rings. The van der Waals surface area contributed by atoms with Gasteiger partial charge in [0, 0.05) is 25.3 Å². The van der Waals surface area contributed by atoms with Crippen molar-refractivity contribution in [3.63, 3.8) is 0 Å². The number of rotatable bonds is 5. The highest BCUT2D eigenvalue weighted by Crippen LogP contribution is 2.22. The molecule has 116 valence electrons. The van der Waals surface area contributed by atoms with Crippen molar-refractivity contribution < 1.29 is 19.1 Å². The van der Waals surface area contributed by atoms with Crippen LogP contribution in [0.25, 0.3) is 10.8 Å². The molecule has 0 aliphatic heterocycles. The molecule has 0 radical (unpaired) electrons. The Labute approximate surface area is 128 Å². The molecule has 0 unspecified atom stereocenters. The van der Waals surface area contributed by atoms with Crippen LogP contribution in [0.5, 0.6) is 0 Å². The lowest BCUT2D eigenvalue weighted by Crippen LogP contribution is -2.40. The topological polar surface area (TPSA) is 76.7 Å². The zero-order valence-corrected chi connectivity index (χ0v) is 12.5. The minimum Gasteiger partial charge on any atom is -0.354 e. The Bertz CT molecular complexity index is 663. The van der Waals surface area contributed by atoms with E-state index in [9.17, 15) is 9.59 Å².